The van der Waals surface area contributed by atoms with Crippen molar-refractivity contribution in [2.24, 2.45) is 0 Å². The molecule has 0 atom stereocenters. The van der Waals surface area contributed by atoms with Crippen molar-refractivity contribution in [3.63, 3.8) is 0 Å². The summed E-state index contributed by atoms with van der Waals surface area (Å²) in [6.45, 7) is 0. The summed E-state index contributed by atoms with van der Waals surface area (Å²) in [5, 5.41) is 8.39. The Morgan fingerprint density at radius 1 is 1.35 bits per heavy atom. The predicted octanol–water partition coefficient (Wildman–Crippen LogP) is 3.56. The van der Waals surface area contributed by atoms with Crippen molar-refractivity contribution < 1.29 is 17.9 Å². The van der Waals surface area contributed by atoms with Crippen LogP contribution < -0.4 is 4.74 Å². The van der Waals surface area contributed by atoms with Gasteiger partial charge in [-0.3, -0.25) is 0 Å². The van der Waals surface area contributed by atoms with Crippen molar-refractivity contribution in [2.45, 2.75) is 25.4 Å². The van der Waals surface area contributed by atoms with Crippen molar-refractivity contribution in [3.05, 3.63) is 29.3 Å². The fourth-order valence-corrected chi connectivity index (χ4v) is 1.51. The van der Waals surface area contributed by atoms with Gasteiger partial charge in [-0.15, -0.1) is 0 Å². The Kier molecular flexibility index (Phi) is 4.38. The molecule has 0 saturated carbocycles. The molecule has 0 fully saturated rings. The van der Waals surface area contributed by atoms with Gasteiger partial charge >= 0.3 is 6.18 Å². The average molecular weight is 243 g/mol. The number of alkyl halides is 3. The van der Waals surface area contributed by atoms with Crippen molar-refractivity contribution in [1.29, 1.82) is 5.26 Å². The summed E-state index contributed by atoms with van der Waals surface area (Å²) in [6, 6.07) is 5.34. The number of ether oxygens (including phenoxy) is 1. The van der Waals surface area contributed by atoms with Crippen LogP contribution in [0.25, 0.3) is 0 Å². The van der Waals surface area contributed by atoms with E-state index >= 15 is 0 Å². The number of rotatable bonds is 4. The van der Waals surface area contributed by atoms with E-state index in [0.717, 1.165) is 12.1 Å². The van der Waals surface area contributed by atoms with Crippen LogP contribution in [0, 0.1) is 11.3 Å². The van der Waals surface area contributed by atoms with E-state index in [1.54, 1.807) is 0 Å². The first-order valence-corrected chi connectivity index (χ1v) is 5.10. The van der Waals surface area contributed by atoms with Crippen LogP contribution in [0.4, 0.5) is 13.2 Å². The van der Waals surface area contributed by atoms with E-state index < -0.39 is 11.7 Å². The molecule has 92 valence electrons. The lowest BCUT2D eigenvalue weighted by Crippen LogP contribution is -2.06. The molecule has 0 unspecified atom stereocenters. The molecule has 0 aliphatic carbocycles. The zero-order valence-electron chi connectivity index (χ0n) is 9.34. The van der Waals surface area contributed by atoms with Gasteiger partial charge in [0.1, 0.15) is 5.75 Å². The number of hydrogen-bond donors (Lipinski definition) is 0. The van der Waals surface area contributed by atoms with Crippen LogP contribution >= 0.6 is 0 Å². The Bertz CT molecular complexity index is 421. The fourth-order valence-electron chi connectivity index (χ4n) is 1.51. The Balaban J connectivity index is 2.95. The van der Waals surface area contributed by atoms with E-state index in [9.17, 15) is 13.2 Å². The van der Waals surface area contributed by atoms with Crippen LogP contribution in [0.5, 0.6) is 5.75 Å². The van der Waals surface area contributed by atoms with Gasteiger partial charge in [-0.2, -0.15) is 18.4 Å². The van der Waals surface area contributed by atoms with E-state index in [0.29, 0.717) is 30.6 Å². The summed E-state index contributed by atoms with van der Waals surface area (Å²) in [7, 11) is 1.41. The Morgan fingerprint density at radius 2 is 2.06 bits per heavy atom. The molecule has 0 amide bonds. The van der Waals surface area contributed by atoms with Gasteiger partial charge in [-0.05, 0) is 36.6 Å². The normalized spacial score (nSPS) is 11.0. The zero-order valence-corrected chi connectivity index (χ0v) is 9.34. The molecule has 0 aliphatic heterocycles. The second-order valence-electron chi connectivity index (χ2n) is 3.54. The first-order chi connectivity index (χ1) is 7.99. The second kappa shape index (κ2) is 5.58. The lowest BCUT2D eigenvalue weighted by Gasteiger charge is -2.12. The molecule has 0 spiro atoms. The van der Waals surface area contributed by atoms with Crippen molar-refractivity contribution in [2.75, 3.05) is 7.11 Å². The minimum absolute atomic E-state index is 0.319. The molecule has 2 nitrogen and oxygen atoms in total. The minimum Gasteiger partial charge on any atom is -0.496 e. The summed E-state index contributed by atoms with van der Waals surface area (Å²) in [4.78, 5) is 0. The number of methoxy groups -OCH3 is 1. The first-order valence-electron chi connectivity index (χ1n) is 5.10. The largest absolute Gasteiger partial charge is 0.496 e. The molecule has 0 saturated heterocycles. The smallest absolute Gasteiger partial charge is 0.416 e. The fraction of sp³-hybridized carbons (Fsp3) is 0.417. The summed E-state index contributed by atoms with van der Waals surface area (Å²) in [5.41, 5.74) is -0.206. The molecule has 0 N–H and O–H groups in total. The van der Waals surface area contributed by atoms with Crippen molar-refractivity contribution >= 4 is 0 Å². The molecule has 5 heteroatoms. The summed E-state index contributed by atoms with van der Waals surface area (Å²) in [6.07, 6.45) is -3.11. The number of nitriles is 1. The lowest BCUT2D eigenvalue weighted by atomic mass is 10.0. The first kappa shape index (κ1) is 13.4. The van der Waals surface area contributed by atoms with Crippen molar-refractivity contribution in [1.82, 2.24) is 0 Å². The molecule has 1 aromatic carbocycles. The highest BCUT2D eigenvalue weighted by Crippen LogP contribution is 2.33. The van der Waals surface area contributed by atoms with Crippen molar-refractivity contribution in [3.8, 4) is 11.8 Å². The highest BCUT2D eigenvalue weighted by atomic mass is 19.4. The number of benzene rings is 1. The third-order valence-corrected chi connectivity index (χ3v) is 2.34. The summed E-state index contributed by atoms with van der Waals surface area (Å²) >= 11 is 0. The van der Waals surface area contributed by atoms with E-state index in [1.807, 2.05) is 6.07 Å². The Morgan fingerprint density at radius 3 is 2.59 bits per heavy atom. The molecule has 1 aromatic rings. The minimum atomic E-state index is -4.35. The van der Waals surface area contributed by atoms with Gasteiger partial charge in [0.15, 0.2) is 0 Å². The quantitative estimate of drug-likeness (QED) is 0.757. The third-order valence-electron chi connectivity index (χ3n) is 2.34. The number of unbranched alkanes of at least 4 members (excludes halogenated alkanes) is 1. The number of hydrogen-bond acceptors (Lipinski definition) is 2. The molecule has 0 aliphatic rings. The molecule has 0 bridgehead atoms. The van der Waals surface area contributed by atoms with Gasteiger partial charge in [0.05, 0.1) is 18.7 Å². The maximum Gasteiger partial charge on any atom is 0.416 e. The Hall–Kier alpha value is -1.70. The molecule has 0 aromatic heterocycles. The summed E-state index contributed by atoms with van der Waals surface area (Å²) < 4.78 is 42.5. The van der Waals surface area contributed by atoms with Crippen LogP contribution in [0.2, 0.25) is 0 Å². The van der Waals surface area contributed by atoms with Gasteiger partial charge in [0.2, 0.25) is 0 Å². The lowest BCUT2D eigenvalue weighted by molar-refractivity contribution is -0.137. The Labute approximate surface area is 97.6 Å². The molecule has 0 heterocycles. The number of nitrogens with zero attached hydrogens (tertiary/aromatic N) is 1. The predicted molar refractivity (Wildman–Crippen MR) is 56.5 cm³/mol. The molecule has 0 radical (unpaired) electrons. The molecule has 1 rings (SSSR count). The van der Waals surface area contributed by atoms with Crippen LogP contribution in [0.1, 0.15) is 24.0 Å². The third kappa shape index (κ3) is 3.66. The van der Waals surface area contributed by atoms with Crippen LogP contribution in [-0.4, -0.2) is 7.11 Å². The van der Waals surface area contributed by atoms with Crippen LogP contribution in [0.3, 0.4) is 0 Å². The highest BCUT2D eigenvalue weighted by Gasteiger charge is 2.30. The van der Waals surface area contributed by atoms with E-state index in [1.165, 1.54) is 13.2 Å². The average Bonchev–Trinajstić information content (AvgIpc) is 2.28. The van der Waals surface area contributed by atoms with E-state index in [-0.39, 0.29) is 0 Å². The molecular formula is C12H12F3NO. The monoisotopic (exact) mass is 243 g/mol. The standard InChI is InChI=1S/C12H12F3NO/c1-17-11-6-5-10(12(13,14)15)8-9(11)4-2-3-7-16/h5-6,8H,2-4H2,1H3. The molecular weight excluding hydrogens is 231 g/mol. The van der Waals surface area contributed by atoms with Gasteiger partial charge < -0.3 is 4.74 Å². The van der Waals surface area contributed by atoms with Gasteiger partial charge in [-0.25, -0.2) is 0 Å². The van der Waals surface area contributed by atoms with Crippen LogP contribution in [0.15, 0.2) is 18.2 Å². The number of aryl methyl sites for hydroxylation is 1. The maximum absolute atomic E-state index is 12.5. The van der Waals surface area contributed by atoms with Gasteiger partial charge in [0.25, 0.3) is 0 Å². The van der Waals surface area contributed by atoms with E-state index in [2.05, 4.69) is 0 Å². The summed E-state index contributed by atoms with van der Waals surface area (Å²) in [5.74, 6) is 0.427. The van der Waals surface area contributed by atoms with E-state index in [4.69, 9.17) is 10.00 Å². The highest BCUT2D eigenvalue weighted by molar-refractivity contribution is 5.38. The topological polar surface area (TPSA) is 33.0 Å². The molecule has 17 heavy (non-hydrogen) atoms. The second-order valence-corrected chi connectivity index (χ2v) is 3.54. The zero-order chi connectivity index (χ0) is 12.9. The van der Waals surface area contributed by atoms with Gasteiger partial charge in [0, 0.05) is 6.42 Å². The van der Waals surface area contributed by atoms with Crippen LogP contribution in [-0.2, 0) is 12.6 Å². The van der Waals surface area contributed by atoms with Gasteiger partial charge in [-0.1, -0.05) is 0 Å². The maximum atomic E-state index is 12.5. The number of halogens is 3. The SMILES string of the molecule is COc1ccc(C(F)(F)F)cc1CCCC#N.